The van der Waals surface area contributed by atoms with Gasteiger partial charge in [0.05, 0.1) is 12.6 Å². The Hall–Kier alpha value is -6.13. The molecule has 482 valence electrons. The molecule has 0 aliphatic carbocycles. The van der Waals surface area contributed by atoms with Gasteiger partial charge in [-0.15, -0.1) is 0 Å². The number of primary amides is 1. The molecule has 0 heterocycles. The van der Waals surface area contributed by atoms with Crippen LogP contribution in [0.4, 0.5) is 0 Å². The van der Waals surface area contributed by atoms with Gasteiger partial charge in [0.25, 0.3) is 0 Å². The number of aliphatic hydroxyl groups excluding tert-OH is 1. The van der Waals surface area contributed by atoms with Crippen LogP contribution in [0, 0.1) is 40.9 Å². The van der Waals surface area contributed by atoms with Gasteiger partial charge in [0.1, 0.15) is 54.4 Å². The molecule has 23 nitrogen and oxygen atoms in total. The van der Waals surface area contributed by atoms with Crippen molar-refractivity contribution in [1.82, 2.24) is 50.2 Å². The molecule has 0 aromatic heterocycles. The summed E-state index contributed by atoms with van der Waals surface area (Å²) >= 11 is 0. The third-order valence-corrected chi connectivity index (χ3v) is 16.1. The van der Waals surface area contributed by atoms with E-state index in [1.165, 1.54) is 75.7 Å². The lowest BCUT2D eigenvalue weighted by atomic mass is 9.81. The smallest absolute Gasteiger partial charge is 0.246 e. The molecule has 0 saturated heterocycles. The maximum absolute atomic E-state index is 15.1. The highest BCUT2D eigenvalue weighted by molar-refractivity contribution is 5.98. The van der Waals surface area contributed by atoms with Crippen molar-refractivity contribution in [2.45, 2.75) is 217 Å². The fourth-order valence-corrected chi connectivity index (χ4v) is 9.64. The number of likely N-dealkylation sites (N-methyl/N-ethyl adjacent to an activating group) is 7. The first-order valence-corrected chi connectivity index (χ1v) is 29.8. The van der Waals surface area contributed by atoms with E-state index < -0.39 is 144 Å². The summed E-state index contributed by atoms with van der Waals surface area (Å²) in [4.78, 5) is 162. The zero-order valence-corrected chi connectivity index (χ0v) is 55.8. The van der Waals surface area contributed by atoms with E-state index in [1.54, 1.807) is 67.7 Å². The van der Waals surface area contributed by atoms with E-state index in [9.17, 15) is 48.3 Å². The average molecular weight is 1190 g/mol. The number of amides is 11. The van der Waals surface area contributed by atoms with Gasteiger partial charge >= 0.3 is 0 Å². The molecule has 6 N–H and O–H groups in total. The number of nitrogens with zero attached hydrogens (tertiary/aromatic N) is 7. The number of hydrogen-bond acceptors (Lipinski definition) is 12. The Labute approximate surface area is 503 Å². The molecule has 1 unspecified atom stereocenters. The van der Waals surface area contributed by atoms with Crippen LogP contribution < -0.4 is 21.7 Å². The minimum atomic E-state index is -1.60. The van der Waals surface area contributed by atoms with Gasteiger partial charge in [0, 0.05) is 55.3 Å². The van der Waals surface area contributed by atoms with Gasteiger partial charge in [0.15, 0.2) is 0 Å². The van der Waals surface area contributed by atoms with Crippen LogP contribution in [-0.2, 0) is 52.7 Å². The fraction of sp³-hybridized carbons (Fsp3) is 0.787. The largest absolute Gasteiger partial charge is 0.390 e. The van der Waals surface area contributed by atoms with Crippen LogP contribution in [0.15, 0.2) is 12.2 Å². The number of nitrogens with two attached hydrogens (primary N) is 1. The molecule has 11 amide bonds. The van der Waals surface area contributed by atoms with Crippen LogP contribution in [0.5, 0.6) is 0 Å². The molecule has 0 radical (unpaired) electrons. The summed E-state index contributed by atoms with van der Waals surface area (Å²) in [5.41, 5.74) is 5.02. The topological polar surface area (TPSA) is 293 Å². The molecular formula is C61H111N11O12. The Morgan fingerprint density at radius 2 is 0.964 bits per heavy atom. The van der Waals surface area contributed by atoms with Crippen molar-refractivity contribution >= 4 is 65.0 Å². The molecule has 0 aliphatic rings. The Bertz CT molecular complexity index is 2280. The highest BCUT2D eigenvalue weighted by Crippen LogP contribution is 2.28. The Morgan fingerprint density at radius 3 is 1.39 bits per heavy atom. The molecule has 0 saturated carbocycles. The minimum absolute atomic E-state index is 0.0547. The summed E-state index contributed by atoms with van der Waals surface area (Å²) < 4.78 is 0. The Kier molecular flexibility index (Phi) is 32.2. The van der Waals surface area contributed by atoms with Crippen LogP contribution in [0.3, 0.4) is 0 Å². The van der Waals surface area contributed by atoms with Crippen molar-refractivity contribution in [3.63, 3.8) is 0 Å². The normalized spacial score (nSPS) is 16.2. The molecule has 0 aromatic rings. The first-order chi connectivity index (χ1) is 38.5. The quantitative estimate of drug-likeness (QED) is 0.0592. The van der Waals surface area contributed by atoms with Crippen LogP contribution in [-0.4, -0.2) is 221 Å². The number of rotatable bonds is 33. The lowest BCUT2D eigenvalue weighted by molar-refractivity contribution is -0.157. The van der Waals surface area contributed by atoms with Gasteiger partial charge in [-0.05, 0) is 94.8 Å². The summed E-state index contributed by atoms with van der Waals surface area (Å²) in [5.74, 6) is -8.74. The fourth-order valence-electron chi connectivity index (χ4n) is 9.64. The molecule has 0 bridgehead atoms. The summed E-state index contributed by atoms with van der Waals surface area (Å²) in [5, 5.41) is 20.2. The van der Waals surface area contributed by atoms with E-state index in [2.05, 4.69) is 16.0 Å². The van der Waals surface area contributed by atoms with Crippen LogP contribution in [0.2, 0.25) is 0 Å². The first kappa shape index (κ1) is 77.9. The van der Waals surface area contributed by atoms with E-state index in [0.717, 1.165) is 14.7 Å². The molecule has 0 fully saturated rings. The molecular weight excluding hydrogens is 1080 g/mol. The lowest BCUT2D eigenvalue weighted by Crippen LogP contribution is -2.63. The molecule has 0 aliphatic heterocycles. The van der Waals surface area contributed by atoms with Gasteiger partial charge in [0.2, 0.25) is 65.0 Å². The average Bonchev–Trinajstić information content (AvgIpc) is 3.39. The number of nitrogens with one attached hydrogen (secondary N) is 3. The summed E-state index contributed by atoms with van der Waals surface area (Å²) in [6.45, 7) is 31.5. The van der Waals surface area contributed by atoms with E-state index in [4.69, 9.17) is 5.73 Å². The lowest BCUT2D eigenvalue weighted by Gasteiger charge is -2.41. The number of carbonyl (C=O) groups is 11. The monoisotopic (exact) mass is 1190 g/mol. The second kappa shape index (κ2) is 34.7. The zero-order chi connectivity index (χ0) is 65.9. The summed E-state index contributed by atoms with van der Waals surface area (Å²) in [7, 11) is 9.96. The minimum Gasteiger partial charge on any atom is -0.390 e. The van der Waals surface area contributed by atoms with Crippen LogP contribution >= 0.6 is 0 Å². The predicted molar refractivity (Wildman–Crippen MR) is 326 cm³/mol. The number of carbonyl (C=O) groups excluding carboxylic acids is 11. The van der Waals surface area contributed by atoms with Crippen molar-refractivity contribution in [1.29, 1.82) is 0 Å². The third-order valence-electron chi connectivity index (χ3n) is 16.1. The first-order valence-electron chi connectivity index (χ1n) is 29.8. The van der Waals surface area contributed by atoms with E-state index in [0.29, 0.717) is 6.42 Å². The SMILES string of the molecule is C/C=C/C[C@@H](C)[C@H](O)C(C(=O)N[C@H](CC)C(=O)N(C)CC(=O)N(C)[C@@H](C)C(N)=O)N(C)C(=O)[C@H](C(C)C)N(C)C(=O)[C@@H](CC(C)C)N(C)C(=O)[C@@H](CC(C)C)N(C)C(=O)[C@H](C)NC(=O)[C@@H](CC(C)C)NC(=O)[C@H](C)N(C)C(=O)[C@H](C)C(C)(C)C. The summed E-state index contributed by atoms with van der Waals surface area (Å²) in [6, 6.07) is -10.5. The highest BCUT2D eigenvalue weighted by atomic mass is 16.3. The molecule has 84 heavy (non-hydrogen) atoms. The second-order valence-corrected chi connectivity index (χ2v) is 25.9. The van der Waals surface area contributed by atoms with Gasteiger partial charge in [-0.25, -0.2) is 0 Å². The Balaban J connectivity index is 7.12. The van der Waals surface area contributed by atoms with Crippen LogP contribution in [0.1, 0.15) is 157 Å². The maximum Gasteiger partial charge on any atom is 0.246 e. The number of aliphatic hydroxyl groups is 1. The predicted octanol–water partition coefficient (Wildman–Crippen LogP) is 3.26. The van der Waals surface area contributed by atoms with Crippen molar-refractivity contribution in [2.24, 2.45) is 46.7 Å². The Morgan fingerprint density at radius 1 is 0.512 bits per heavy atom. The molecule has 0 aromatic carbocycles. The zero-order valence-electron chi connectivity index (χ0n) is 55.8. The molecule has 12 atom stereocenters. The van der Waals surface area contributed by atoms with Gasteiger partial charge in [-0.2, -0.15) is 0 Å². The molecule has 0 spiro atoms. The number of allylic oxidation sites excluding steroid dienone is 2. The third kappa shape index (κ3) is 22.4. The molecule has 23 heteroatoms. The van der Waals surface area contributed by atoms with Crippen molar-refractivity contribution in [3.8, 4) is 0 Å². The summed E-state index contributed by atoms with van der Waals surface area (Å²) in [6.07, 6.45) is 2.98. The van der Waals surface area contributed by atoms with Crippen molar-refractivity contribution < 1.29 is 57.8 Å². The van der Waals surface area contributed by atoms with Crippen LogP contribution in [0.25, 0.3) is 0 Å². The van der Waals surface area contributed by atoms with E-state index >= 15 is 9.59 Å². The molecule has 0 rings (SSSR count). The second-order valence-electron chi connectivity index (χ2n) is 25.9. The van der Waals surface area contributed by atoms with Crippen molar-refractivity contribution in [2.75, 3.05) is 55.9 Å². The highest BCUT2D eigenvalue weighted by Gasteiger charge is 2.45. The van der Waals surface area contributed by atoms with Gasteiger partial charge < -0.3 is 61.1 Å². The van der Waals surface area contributed by atoms with Crippen molar-refractivity contribution in [3.05, 3.63) is 12.2 Å². The van der Waals surface area contributed by atoms with Gasteiger partial charge in [-0.1, -0.05) is 109 Å². The number of hydrogen-bond donors (Lipinski definition) is 5. The maximum atomic E-state index is 15.1. The standard InChI is InChI=1S/C61H111N11O12/c1-26-28-29-38(11)50(74)49(54(78)64-43(27-2)57(81)66(19)33-47(73)67(20)41(14)51(62)75)72(25)60(84)48(37(9)10)71(24)59(83)46(32-36(7)8)70(23)58(82)45(31-35(5)6)69(22)56(80)40(13)63-53(77)44(30-34(3)4)65-52(76)42(15)68(21)55(79)39(12)61(16,17)18/h26,28,34-46,48-50,74H,27,29-33H2,1-25H3,(H2,62,75)(H,63,77)(H,64,78)(H,65,76)/b28-26+/t38-,39+,40+,41+,42+,43-,44-,45-,46-,48+,49?,50+/m1/s1. The van der Waals surface area contributed by atoms with Gasteiger partial charge in [-0.3, -0.25) is 52.7 Å². The van der Waals surface area contributed by atoms with E-state index in [1.807, 2.05) is 62.3 Å². The van der Waals surface area contributed by atoms with E-state index in [-0.39, 0.29) is 54.8 Å².